The zero-order valence-electron chi connectivity index (χ0n) is 17.5. The number of nitrogens with zero attached hydrogens (tertiary/aromatic N) is 2. The lowest BCUT2D eigenvalue weighted by Crippen LogP contribution is -2.34. The summed E-state index contributed by atoms with van der Waals surface area (Å²) in [4.78, 5) is 24.0. The van der Waals surface area contributed by atoms with Gasteiger partial charge in [-0.1, -0.05) is 12.1 Å². The third-order valence-corrected chi connectivity index (χ3v) is 7.72. The van der Waals surface area contributed by atoms with Crippen LogP contribution in [-0.4, -0.2) is 52.7 Å². The summed E-state index contributed by atoms with van der Waals surface area (Å²) in [7, 11) is -8.26. The van der Waals surface area contributed by atoms with Crippen LogP contribution in [0.1, 0.15) is 19.6 Å². The van der Waals surface area contributed by atoms with Crippen LogP contribution in [0, 0.1) is 12.8 Å². The van der Waals surface area contributed by atoms with Crippen molar-refractivity contribution < 1.29 is 35.7 Å². The molecule has 174 valence electrons. The standard InChI is InChI=1S/C18H22N4O8S2/c1-4-29-14-6-5-13(22-18(24)11(2)10-31(22,25)26)8-15(14)32(27,28)19-9-17(23)20-16-7-12(3)30-21-16/h5-8,11,19H,4,9-10H2,1-3H3,(H,20,21,23). The van der Waals surface area contributed by atoms with Gasteiger partial charge in [0.2, 0.25) is 31.9 Å². The van der Waals surface area contributed by atoms with Crippen molar-refractivity contribution in [3.63, 3.8) is 0 Å². The fourth-order valence-corrected chi connectivity index (χ4v) is 6.00. The van der Waals surface area contributed by atoms with Gasteiger partial charge in [0.1, 0.15) is 16.4 Å². The molecule has 12 nitrogen and oxygen atoms in total. The summed E-state index contributed by atoms with van der Waals surface area (Å²) in [5.74, 6) is -1.98. The van der Waals surface area contributed by atoms with Crippen LogP contribution in [0.5, 0.6) is 5.75 Å². The Kier molecular flexibility index (Phi) is 6.57. The third-order valence-electron chi connectivity index (χ3n) is 4.43. The molecule has 2 aromatic rings. The van der Waals surface area contributed by atoms with Crippen LogP contribution in [0.2, 0.25) is 0 Å². The van der Waals surface area contributed by atoms with Gasteiger partial charge >= 0.3 is 0 Å². The van der Waals surface area contributed by atoms with Gasteiger partial charge in [-0.25, -0.2) is 25.9 Å². The Bertz CT molecular complexity index is 1250. The molecule has 1 atom stereocenters. The van der Waals surface area contributed by atoms with E-state index in [1.54, 1.807) is 13.8 Å². The molecule has 3 rings (SSSR count). The highest BCUT2D eigenvalue weighted by Gasteiger charge is 2.42. The second-order valence-corrected chi connectivity index (χ2v) is 10.6. The lowest BCUT2D eigenvalue weighted by Gasteiger charge is -2.18. The number of benzene rings is 1. The van der Waals surface area contributed by atoms with E-state index in [2.05, 4.69) is 15.2 Å². The third kappa shape index (κ3) is 4.92. The molecule has 0 radical (unpaired) electrons. The molecule has 1 aliphatic rings. The highest BCUT2D eigenvalue weighted by atomic mass is 32.2. The van der Waals surface area contributed by atoms with Gasteiger partial charge in [0.25, 0.3) is 0 Å². The van der Waals surface area contributed by atoms with Crippen molar-refractivity contribution in [1.82, 2.24) is 9.88 Å². The minimum absolute atomic E-state index is 0.0617. The number of carbonyl (C=O) groups is 2. The summed E-state index contributed by atoms with van der Waals surface area (Å²) in [6.07, 6.45) is 0. The van der Waals surface area contributed by atoms with Crippen LogP contribution in [0.15, 0.2) is 33.7 Å². The molecule has 32 heavy (non-hydrogen) atoms. The van der Waals surface area contributed by atoms with Crippen molar-refractivity contribution in [2.45, 2.75) is 25.7 Å². The van der Waals surface area contributed by atoms with Crippen LogP contribution < -0.4 is 19.1 Å². The topological polar surface area (TPSA) is 165 Å². The smallest absolute Gasteiger partial charge is 0.244 e. The summed E-state index contributed by atoms with van der Waals surface area (Å²) in [5.41, 5.74) is -0.134. The minimum atomic E-state index is -4.33. The molecule has 2 N–H and O–H groups in total. The average molecular weight is 487 g/mol. The first-order chi connectivity index (χ1) is 14.9. The number of aromatic nitrogens is 1. The van der Waals surface area contributed by atoms with E-state index in [-0.39, 0.29) is 29.6 Å². The molecule has 1 unspecified atom stereocenters. The number of anilines is 2. The maximum absolute atomic E-state index is 12.9. The normalized spacial score (nSPS) is 18.0. The number of rotatable bonds is 8. The zero-order valence-corrected chi connectivity index (χ0v) is 19.1. The van der Waals surface area contributed by atoms with Gasteiger partial charge in [0.05, 0.1) is 30.5 Å². The first kappa shape index (κ1) is 23.7. The SMILES string of the molecule is CCOc1ccc(N2C(=O)C(C)CS2(=O)=O)cc1S(=O)(=O)NCC(=O)Nc1cc(C)on1. The number of sulfonamides is 2. The number of ether oxygens (including phenoxy) is 1. The lowest BCUT2D eigenvalue weighted by molar-refractivity contribution is -0.119. The van der Waals surface area contributed by atoms with E-state index in [4.69, 9.17) is 9.26 Å². The maximum atomic E-state index is 12.9. The lowest BCUT2D eigenvalue weighted by atomic mass is 10.2. The van der Waals surface area contributed by atoms with Gasteiger partial charge in [-0.2, -0.15) is 0 Å². The average Bonchev–Trinajstić information content (AvgIpc) is 3.20. The van der Waals surface area contributed by atoms with Gasteiger partial charge < -0.3 is 14.6 Å². The molecule has 1 fully saturated rings. The largest absolute Gasteiger partial charge is 0.492 e. The van der Waals surface area contributed by atoms with Crippen molar-refractivity contribution in [3.05, 3.63) is 30.0 Å². The van der Waals surface area contributed by atoms with Crippen LogP contribution in [0.4, 0.5) is 11.5 Å². The van der Waals surface area contributed by atoms with E-state index in [0.29, 0.717) is 10.1 Å². The molecule has 14 heteroatoms. The molecule has 2 heterocycles. The van der Waals surface area contributed by atoms with Crippen LogP contribution in [0.25, 0.3) is 0 Å². The van der Waals surface area contributed by atoms with E-state index in [0.717, 1.165) is 6.07 Å². The van der Waals surface area contributed by atoms with Crippen LogP contribution in [-0.2, 0) is 29.6 Å². The Morgan fingerprint density at radius 2 is 2.06 bits per heavy atom. The molecule has 0 saturated carbocycles. The predicted molar refractivity (Wildman–Crippen MR) is 113 cm³/mol. The van der Waals surface area contributed by atoms with Crippen LogP contribution >= 0.6 is 0 Å². The molecule has 1 aromatic heterocycles. The van der Waals surface area contributed by atoms with Gasteiger partial charge in [-0.15, -0.1) is 0 Å². The van der Waals surface area contributed by atoms with Crippen molar-refractivity contribution in [3.8, 4) is 5.75 Å². The number of carbonyl (C=O) groups excluding carboxylic acids is 2. The van der Waals surface area contributed by atoms with E-state index >= 15 is 0 Å². The molecule has 0 bridgehead atoms. The highest BCUT2D eigenvalue weighted by molar-refractivity contribution is 7.94. The molecular weight excluding hydrogens is 464 g/mol. The summed E-state index contributed by atoms with van der Waals surface area (Å²) in [6.45, 7) is 4.23. The molecular formula is C18H22N4O8S2. The number of hydrogen-bond acceptors (Lipinski definition) is 9. The second-order valence-electron chi connectivity index (χ2n) is 7.04. The number of amides is 2. The Balaban J connectivity index is 1.87. The monoisotopic (exact) mass is 486 g/mol. The van der Waals surface area contributed by atoms with Crippen molar-refractivity contribution in [2.24, 2.45) is 5.92 Å². The van der Waals surface area contributed by atoms with Gasteiger partial charge in [0, 0.05) is 6.07 Å². The second kappa shape index (κ2) is 8.88. The first-order valence-electron chi connectivity index (χ1n) is 9.51. The Hall–Kier alpha value is -2.97. The van der Waals surface area contributed by atoms with E-state index in [1.165, 1.54) is 25.1 Å². The number of aryl methyl sites for hydroxylation is 1. The predicted octanol–water partition coefficient (Wildman–Crippen LogP) is 0.611. The van der Waals surface area contributed by atoms with E-state index < -0.39 is 49.2 Å². The van der Waals surface area contributed by atoms with E-state index in [1.807, 2.05) is 0 Å². The fraction of sp³-hybridized carbons (Fsp3) is 0.389. The number of nitrogens with one attached hydrogen (secondary N) is 2. The quantitative estimate of drug-likeness (QED) is 0.544. The molecule has 0 aliphatic carbocycles. The van der Waals surface area contributed by atoms with E-state index in [9.17, 15) is 26.4 Å². The molecule has 1 aromatic carbocycles. The van der Waals surface area contributed by atoms with Gasteiger partial charge in [-0.3, -0.25) is 9.59 Å². The minimum Gasteiger partial charge on any atom is -0.492 e. The fourth-order valence-electron chi connectivity index (χ4n) is 3.05. The summed E-state index contributed by atoms with van der Waals surface area (Å²) >= 11 is 0. The van der Waals surface area contributed by atoms with Crippen LogP contribution in [0.3, 0.4) is 0 Å². The summed E-state index contributed by atoms with van der Waals surface area (Å²) < 4.78 is 63.5. The Morgan fingerprint density at radius 1 is 1.34 bits per heavy atom. The van der Waals surface area contributed by atoms with Crippen molar-refractivity contribution in [2.75, 3.05) is 28.5 Å². The van der Waals surface area contributed by atoms with Gasteiger partial charge in [0.15, 0.2) is 5.82 Å². The molecule has 1 saturated heterocycles. The Morgan fingerprint density at radius 3 is 2.62 bits per heavy atom. The number of hydrogen-bond donors (Lipinski definition) is 2. The molecule has 1 aliphatic heterocycles. The maximum Gasteiger partial charge on any atom is 0.244 e. The van der Waals surface area contributed by atoms with Crippen molar-refractivity contribution in [1.29, 1.82) is 0 Å². The molecule has 0 spiro atoms. The summed E-state index contributed by atoms with van der Waals surface area (Å²) in [6, 6.07) is 5.03. The molecule has 2 amide bonds. The van der Waals surface area contributed by atoms with Gasteiger partial charge in [-0.05, 0) is 32.0 Å². The first-order valence-corrected chi connectivity index (χ1v) is 12.6. The highest BCUT2D eigenvalue weighted by Crippen LogP contribution is 2.34. The van der Waals surface area contributed by atoms with Crippen molar-refractivity contribution >= 4 is 43.4 Å². The summed E-state index contributed by atoms with van der Waals surface area (Å²) in [5, 5.41) is 5.95. The zero-order chi connectivity index (χ0) is 23.7. The Labute approximate surface area is 185 Å².